The summed E-state index contributed by atoms with van der Waals surface area (Å²) in [5.74, 6) is 0.702. The lowest BCUT2D eigenvalue weighted by molar-refractivity contribution is -0.115. The molecule has 20 heavy (non-hydrogen) atoms. The summed E-state index contributed by atoms with van der Waals surface area (Å²) in [7, 11) is 1.58. The molecule has 0 aromatic heterocycles. The minimum Gasteiger partial charge on any atom is -0.496 e. The number of urea groups is 1. The number of nitrogens with two attached hydrogens (primary N) is 1. The third kappa shape index (κ3) is 4.74. The van der Waals surface area contributed by atoms with Crippen LogP contribution in [-0.2, 0) is 4.79 Å². The van der Waals surface area contributed by atoms with E-state index in [0.29, 0.717) is 31.7 Å². The number of amides is 3. The molecule has 0 saturated heterocycles. The smallest absolute Gasteiger partial charge is 0.327 e. The average Bonchev–Trinajstić information content (AvgIpc) is 2.48. The van der Waals surface area contributed by atoms with Gasteiger partial charge in [0.2, 0.25) is 6.41 Å². The molecule has 0 aliphatic heterocycles. The summed E-state index contributed by atoms with van der Waals surface area (Å²) in [5, 5.41) is 2.52. The van der Waals surface area contributed by atoms with Crippen LogP contribution in [0.3, 0.4) is 0 Å². The molecule has 0 atom stereocenters. The van der Waals surface area contributed by atoms with Gasteiger partial charge < -0.3 is 15.8 Å². The zero-order valence-corrected chi connectivity index (χ0v) is 11.4. The van der Waals surface area contributed by atoms with Gasteiger partial charge in [-0.2, -0.15) is 0 Å². The predicted molar refractivity (Wildman–Crippen MR) is 77.0 cm³/mol. The molecule has 3 amide bonds. The van der Waals surface area contributed by atoms with E-state index in [4.69, 9.17) is 10.5 Å². The quantitative estimate of drug-likeness (QED) is 0.733. The van der Waals surface area contributed by atoms with Crippen molar-refractivity contribution in [1.82, 2.24) is 10.2 Å². The van der Waals surface area contributed by atoms with Crippen molar-refractivity contribution in [3.8, 4) is 5.75 Å². The van der Waals surface area contributed by atoms with Crippen LogP contribution < -0.4 is 15.8 Å². The Morgan fingerprint density at radius 1 is 1.45 bits per heavy atom. The van der Waals surface area contributed by atoms with E-state index in [9.17, 15) is 9.59 Å². The van der Waals surface area contributed by atoms with Crippen molar-refractivity contribution in [3.63, 3.8) is 0 Å². The number of nitrogens with one attached hydrogen (secondary N) is 1. The monoisotopic (exact) mass is 277 g/mol. The van der Waals surface area contributed by atoms with Crippen molar-refractivity contribution in [1.29, 1.82) is 0 Å². The van der Waals surface area contributed by atoms with Crippen LogP contribution in [0.4, 0.5) is 4.79 Å². The van der Waals surface area contributed by atoms with Gasteiger partial charge >= 0.3 is 6.03 Å². The number of para-hydroxylation sites is 1. The third-order valence-corrected chi connectivity index (χ3v) is 2.60. The Kier molecular flexibility index (Phi) is 6.84. The van der Waals surface area contributed by atoms with Gasteiger partial charge in [-0.05, 0) is 25.1 Å². The van der Waals surface area contributed by atoms with E-state index in [1.54, 1.807) is 13.2 Å². The molecular formula is C14H19N3O3. The molecule has 0 aliphatic carbocycles. The van der Waals surface area contributed by atoms with Gasteiger partial charge in [0.15, 0.2) is 0 Å². The molecule has 1 aromatic rings. The van der Waals surface area contributed by atoms with Gasteiger partial charge in [0.05, 0.1) is 7.11 Å². The fraction of sp³-hybridized carbons (Fsp3) is 0.286. The van der Waals surface area contributed by atoms with Crippen molar-refractivity contribution in [3.05, 3.63) is 36.0 Å². The summed E-state index contributed by atoms with van der Waals surface area (Å²) in [6.45, 7) is 0.725. The summed E-state index contributed by atoms with van der Waals surface area (Å²) >= 11 is 0. The molecule has 0 heterocycles. The molecule has 108 valence electrons. The number of carbonyl (C=O) groups excluding carboxylic acids is 2. The number of imide groups is 1. The first-order chi connectivity index (χ1) is 9.72. The van der Waals surface area contributed by atoms with Crippen molar-refractivity contribution >= 4 is 18.5 Å². The number of ether oxygens (including phenoxy) is 1. The Hall–Kier alpha value is -2.34. The van der Waals surface area contributed by atoms with Crippen LogP contribution in [0, 0.1) is 0 Å². The lowest BCUT2D eigenvalue weighted by atomic mass is 10.2. The summed E-state index contributed by atoms with van der Waals surface area (Å²) in [4.78, 5) is 23.5. The van der Waals surface area contributed by atoms with Crippen LogP contribution in [-0.4, -0.2) is 37.5 Å². The number of hydrogen-bond donors (Lipinski definition) is 2. The van der Waals surface area contributed by atoms with E-state index in [1.807, 2.05) is 24.3 Å². The zero-order valence-electron chi connectivity index (χ0n) is 11.4. The number of methoxy groups -OCH3 is 1. The molecule has 0 bridgehead atoms. The molecule has 0 unspecified atom stereocenters. The molecule has 3 N–H and O–H groups in total. The maximum absolute atomic E-state index is 11.7. The van der Waals surface area contributed by atoms with E-state index in [-0.39, 0.29) is 0 Å². The van der Waals surface area contributed by atoms with Crippen LogP contribution in [0.5, 0.6) is 5.75 Å². The van der Waals surface area contributed by atoms with Crippen LogP contribution in [0.2, 0.25) is 0 Å². The van der Waals surface area contributed by atoms with E-state index in [1.165, 1.54) is 6.20 Å². The Morgan fingerprint density at radius 2 is 2.20 bits per heavy atom. The zero-order chi connectivity index (χ0) is 14.8. The van der Waals surface area contributed by atoms with E-state index in [0.717, 1.165) is 10.5 Å². The second kappa shape index (κ2) is 8.71. The van der Waals surface area contributed by atoms with Gasteiger partial charge in [-0.3, -0.25) is 9.69 Å². The lowest BCUT2D eigenvalue weighted by Crippen LogP contribution is -2.37. The molecule has 6 heteroatoms. The van der Waals surface area contributed by atoms with Gasteiger partial charge in [0.1, 0.15) is 5.75 Å². The van der Waals surface area contributed by atoms with Gasteiger partial charge in [-0.1, -0.05) is 18.2 Å². The predicted octanol–water partition coefficient (Wildman–Crippen LogP) is 1.18. The van der Waals surface area contributed by atoms with E-state index < -0.39 is 6.03 Å². The number of nitrogens with zero attached hydrogens (tertiary/aromatic N) is 1. The Bertz CT molecular complexity index is 474. The Balaban J connectivity index is 2.58. The van der Waals surface area contributed by atoms with Gasteiger partial charge in [0.25, 0.3) is 0 Å². The van der Waals surface area contributed by atoms with Crippen molar-refractivity contribution < 1.29 is 14.3 Å². The van der Waals surface area contributed by atoms with Gasteiger partial charge in [-0.15, -0.1) is 0 Å². The van der Waals surface area contributed by atoms with Crippen LogP contribution in [0.25, 0.3) is 6.08 Å². The minimum atomic E-state index is -0.486. The first kappa shape index (κ1) is 15.7. The lowest BCUT2D eigenvalue weighted by Gasteiger charge is -2.13. The van der Waals surface area contributed by atoms with Crippen LogP contribution in [0.15, 0.2) is 30.5 Å². The Morgan fingerprint density at radius 3 is 2.85 bits per heavy atom. The standard InChI is InChI=1S/C14H19N3O3/c1-20-13-6-3-2-5-12(13)7-9-16-14(19)17(11-18)10-4-8-15/h2-3,5-7,9,11H,4,8,10,15H2,1H3,(H,16,19)/b9-7+. The molecule has 6 nitrogen and oxygen atoms in total. The molecule has 0 aliphatic rings. The highest BCUT2D eigenvalue weighted by molar-refractivity contribution is 5.85. The van der Waals surface area contributed by atoms with Crippen molar-refractivity contribution in [2.24, 2.45) is 5.73 Å². The fourth-order valence-electron chi connectivity index (χ4n) is 1.55. The molecule has 0 spiro atoms. The molecule has 0 saturated carbocycles. The summed E-state index contributed by atoms with van der Waals surface area (Å²) in [6, 6.07) is 6.91. The van der Waals surface area contributed by atoms with Gasteiger partial charge in [0, 0.05) is 18.3 Å². The number of benzene rings is 1. The average molecular weight is 277 g/mol. The molecule has 1 rings (SSSR count). The van der Waals surface area contributed by atoms with Crippen LogP contribution in [0.1, 0.15) is 12.0 Å². The normalized spacial score (nSPS) is 10.3. The second-order valence-electron chi connectivity index (χ2n) is 3.97. The highest BCUT2D eigenvalue weighted by Crippen LogP contribution is 2.18. The summed E-state index contributed by atoms with van der Waals surface area (Å²) < 4.78 is 5.18. The van der Waals surface area contributed by atoms with Crippen LogP contribution >= 0.6 is 0 Å². The minimum absolute atomic E-state index is 0.300. The molecular weight excluding hydrogens is 258 g/mol. The summed E-state index contributed by atoms with van der Waals surface area (Å²) in [6.07, 6.45) is 4.23. The molecule has 0 radical (unpaired) electrons. The SMILES string of the molecule is COc1ccccc1/C=C/NC(=O)N(C=O)CCCN. The van der Waals surface area contributed by atoms with E-state index in [2.05, 4.69) is 5.32 Å². The molecule has 1 aromatic carbocycles. The highest BCUT2D eigenvalue weighted by Gasteiger charge is 2.09. The molecule has 0 fully saturated rings. The van der Waals surface area contributed by atoms with Gasteiger partial charge in [-0.25, -0.2) is 4.79 Å². The first-order valence-electron chi connectivity index (χ1n) is 6.25. The van der Waals surface area contributed by atoms with Crippen molar-refractivity contribution in [2.75, 3.05) is 20.2 Å². The number of rotatable bonds is 7. The Labute approximate surface area is 118 Å². The maximum Gasteiger partial charge on any atom is 0.327 e. The van der Waals surface area contributed by atoms with E-state index >= 15 is 0 Å². The number of carbonyl (C=O) groups is 2. The third-order valence-electron chi connectivity index (χ3n) is 2.60. The highest BCUT2D eigenvalue weighted by atomic mass is 16.5. The second-order valence-corrected chi connectivity index (χ2v) is 3.97. The largest absolute Gasteiger partial charge is 0.496 e. The maximum atomic E-state index is 11.7. The topological polar surface area (TPSA) is 84.7 Å². The summed E-state index contributed by atoms with van der Waals surface area (Å²) in [5.41, 5.74) is 6.17. The number of hydrogen-bond acceptors (Lipinski definition) is 4. The first-order valence-corrected chi connectivity index (χ1v) is 6.25. The fourth-order valence-corrected chi connectivity index (χ4v) is 1.55. The van der Waals surface area contributed by atoms with Crippen molar-refractivity contribution in [2.45, 2.75) is 6.42 Å².